The van der Waals surface area contributed by atoms with E-state index in [4.69, 9.17) is 19.0 Å². The standard InChI is InChI=1S/C30H30N2O5/c1-20(31-37-19-23-9-6-7-12-27(23)30(33)36-5)28-18-29(22-10-8-11-26(17-22)35-4)32(21(28)2)24-13-15-25(34-3)16-14-24/h6-18H,19H2,1-5H3/b31-20-. The molecule has 0 saturated carbocycles. The molecule has 4 aromatic rings. The van der Waals surface area contributed by atoms with Crippen molar-refractivity contribution in [2.24, 2.45) is 5.16 Å². The number of aromatic nitrogens is 1. The van der Waals surface area contributed by atoms with Gasteiger partial charge in [0.05, 0.1) is 38.3 Å². The van der Waals surface area contributed by atoms with Crippen LogP contribution in [0.4, 0.5) is 0 Å². The van der Waals surface area contributed by atoms with Crippen LogP contribution in [0.1, 0.15) is 34.1 Å². The van der Waals surface area contributed by atoms with Gasteiger partial charge in [0.15, 0.2) is 0 Å². The first-order valence-electron chi connectivity index (χ1n) is 11.8. The first-order chi connectivity index (χ1) is 18.0. The van der Waals surface area contributed by atoms with Crippen molar-refractivity contribution >= 4 is 11.7 Å². The van der Waals surface area contributed by atoms with E-state index in [0.29, 0.717) is 16.8 Å². The zero-order valence-corrected chi connectivity index (χ0v) is 21.6. The maximum atomic E-state index is 12.1. The number of ether oxygens (including phenoxy) is 3. The van der Waals surface area contributed by atoms with Crippen LogP contribution in [0.5, 0.6) is 11.5 Å². The predicted octanol–water partition coefficient (Wildman–Crippen LogP) is 6.20. The Bertz CT molecular complexity index is 1420. The van der Waals surface area contributed by atoms with Crippen LogP contribution in [0.25, 0.3) is 16.9 Å². The molecule has 3 aromatic carbocycles. The number of benzene rings is 3. The second-order valence-electron chi connectivity index (χ2n) is 8.39. The van der Waals surface area contributed by atoms with Crippen molar-refractivity contribution in [2.45, 2.75) is 20.5 Å². The lowest BCUT2D eigenvalue weighted by atomic mass is 10.1. The number of rotatable bonds is 9. The molecular formula is C30H30N2O5. The minimum atomic E-state index is -0.407. The average molecular weight is 499 g/mol. The predicted molar refractivity (Wildman–Crippen MR) is 144 cm³/mol. The summed E-state index contributed by atoms with van der Waals surface area (Å²) < 4.78 is 17.9. The summed E-state index contributed by atoms with van der Waals surface area (Å²) in [5.41, 5.74) is 6.80. The Kier molecular flexibility index (Phi) is 7.93. The largest absolute Gasteiger partial charge is 0.497 e. The maximum absolute atomic E-state index is 12.1. The molecule has 0 radical (unpaired) electrons. The minimum Gasteiger partial charge on any atom is -0.497 e. The second kappa shape index (κ2) is 11.5. The van der Waals surface area contributed by atoms with Gasteiger partial charge in [0, 0.05) is 28.1 Å². The Balaban J connectivity index is 1.71. The molecule has 0 aliphatic carbocycles. The first-order valence-corrected chi connectivity index (χ1v) is 11.8. The van der Waals surface area contributed by atoms with Gasteiger partial charge >= 0.3 is 5.97 Å². The van der Waals surface area contributed by atoms with Crippen LogP contribution < -0.4 is 9.47 Å². The van der Waals surface area contributed by atoms with Crippen molar-refractivity contribution in [3.05, 3.63) is 101 Å². The van der Waals surface area contributed by atoms with Crippen molar-refractivity contribution < 1.29 is 23.8 Å². The molecule has 0 aliphatic rings. The van der Waals surface area contributed by atoms with Crippen molar-refractivity contribution in [1.29, 1.82) is 0 Å². The number of carbonyl (C=O) groups excluding carboxylic acids is 1. The molecule has 0 bridgehead atoms. The first kappa shape index (κ1) is 25.6. The van der Waals surface area contributed by atoms with Gasteiger partial charge in [0.1, 0.15) is 18.1 Å². The molecule has 1 heterocycles. The summed E-state index contributed by atoms with van der Waals surface area (Å²) in [6, 6.07) is 25.1. The zero-order chi connectivity index (χ0) is 26.4. The fraction of sp³-hybridized carbons (Fsp3) is 0.200. The topological polar surface area (TPSA) is 71.3 Å². The van der Waals surface area contributed by atoms with E-state index in [1.807, 2.05) is 67.6 Å². The monoisotopic (exact) mass is 498 g/mol. The van der Waals surface area contributed by atoms with Gasteiger partial charge < -0.3 is 23.6 Å². The number of nitrogens with zero attached hydrogens (tertiary/aromatic N) is 2. The third kappa shape index (κ3) is 5.51. The van der Waals surface area contributed by atoms with Gasteiger partial charge in [-0.3, -0.25) is 0 Å². The van der Waals surface area contributed by atoms with Gasteiger partial charge in [-0.25, -0.2) is 4.79 Å². The lowest BCUT2D eigenvalue weighted by Gasteiger charge is -2.14. The highest BCUT2D eigenvalue weighted by Gasteiger charge is 2.18. The van der Waals surface area contributed by atoms with Crippen molar-refractivity contribution in [3.8, 4) is 28.4 Å². The highest BCUT2D eigenvalue weighted by molar-refractivity contribution is 6.01. The highest BCUT2D eigenvalue weighted by Crippen LogP contribution is 2.32. The summed E-state index contributed by atoms with van der Waals surface area (Å²) in [6.45, 7) is 4.10. The van der Waals surface area contributed by atoms with Crippen LogP contribution in [0.15, 0.2) is 84.0 Å². The Hall–Kier alpha value is -4.52. The Morgan fingerprint density at radius 1 is 0.838 bits per heavy atom. The van der Waals surface area contributed by atoms with Crippen LogP contribution in [0.3, 0.4) is 0 Å². The van der Waals surface area contributed by atoms with Crippen LogP contribution in [-0.2, 0) is 16.2 Å². The molecule has 0 aliphatic heterocycles. The number of oxime groups is 1. The third-order valence-electron chi connectivity index (χ3n) is 6.18. The molecule has 0 spiro atoms. The average Bonchev–Trinajstić information content (AvgIpc) is 3.29. The summed E-state index contributed by atoms with van der Waals surface area (Å²) >= 11 is 0. The van der Waals surface area contributed by atoms with E-state index in [1.165, 1.54) is 7.11 Å². The minimum absolute atomic E-state index is 0.142. The van der Waals surface area contributed by atoms with Gasteiger partial charge in [-0.05, 0) is 62.4 Å². The molecule has 37 heavy (non-hydrogen) atoms. The molecule has 4 rings (SSSR count). The molecule has 0 atom stereocenters. The van der Waals surface area contributed by atoms with Crippen molar-refractivity contribution in [1.82, 2.24) is 4.57 Å². The summed E-state index contributed by atoms with van der Waals surface area (Å²) in [7, 11) is 4.67. The van der Waals surface area contributed by atoms with E-state index in [9.17, 15) is 4.79 Å². The number of hydrogen-bond donors (Lipinski definition) is 0. The molecule has 7 heteroatoms. The van der Waals surface area contributed by atoms with Crippen LogP contribution >= 0.6 is 0 Å². The van der Waals surface area contributed by atoms with Gasteiger partial charge in [-0.2, -0.15) is 0 Å². The third-order valence-corrected chi connectivity index (χ3v) is 6.18. The lowest BCUT2D eigenvalue weighted by molar-refractivity contribution is 0.0593. The van der Waals surface area contributed by atoms with E-state index in [1.54, 1.807) is 26.4 Å². The van der Waals surface area contributed by atoms with Gasteiger partial charge in [0.2, 0.25) is 0 Å². The van der Waals surface area contributed by atoms with Crippen LogP contribution in [-0.4, -0.2) is 37.6 Å². The SMILES string of the molecule is COC(=O)c1ccccc1CO/N=C(/C)c1cc(-c2cccc(OC)c2)n(-c2ccc(OC)cc2)c1C. The van der Waals surface area contributed by atoms with Crippen LogP contribution in [0.2, 0.25) is 0 Å². The summed E-state index contributed by atoms with van der Waals surface area (Å²) in [5.74, 6) is 1.16. The number of carbonyl (C=O) groups is 1. The normalized spacial score (nSPS) is 11.2. The molecule has 0 amide bonds. The van der Waals surface area contributed by atoms with Crippen LogP contribution in [0, 0.1) is 6.92 Å². The molecule has 0 unspecified atom stereocenters. The Morgan fingerprint density at radius 3 is 2.27 bits per heavy atom. The maximum Gasteiger partial charge on any atom is 0.338 e. The number of hydrogen-bond acceptors (Lipinski definition) is 6. The fourth-order valence-corrected chi connectivity index (χ4v) is 4.24. The summed E-state index contributed by atoms with van der Waals surface area (Å²) in [6.07, 6.45) is 0. The molecule has 190 valence electrons. The number of esters is 1. The zero-order valence-electron chi connectivity index (χ0n) is 21.6. The number of methoxy groups -OCH3 is 3. The van der Waals surface area contributed by atoms with E-state index >= 15 is 0 Å². The van der Waals surface area contributed by atoms with E-state index in [-0.39, 0.29) is 6.61 Å². The van der Waals surface area contributed by atoms with Gasteiger partial charge in [0.25, 0.3) is 0 Å². The Labute approximate surface area is 216 Å². The second-order valence-corrected chi connectivity index (χ2v) is 8.39. The molecule has 0 saturated heterocycles. The van der Waals surface area contributed by atoms with Gasteiger partial charge in [-0.1, -0.05) is 35.5 Å². The molecule has 0 fully saturated rings. The highest BCUT2D eigenvalue weighted by atomic mass is 16.6. The molecular weight excluding hydrogens is 468 g/mol. The van der Waals surface area contributed by atoms with Gasteiger partial charge in [-0.15, -0.1) is 0 Å². The van der Waals surface area contributed by atoms with Crippen molar-refractivity contribution in [2.75, 3.05) is 21.3 Å². The smallest absolute Gasteiger partial charge is 0.338 e. The summed E-state index contributed by atoms with van der Waals surface area (Å²) in [5, 5.41) is 4.39. The van der Waals surface area contributed by atoms with E-state index in [2.05, 4.69) is 22.7 Å². The van der Waals surface area contributed by atoms with Crippen molar-refractivity contribution in [3.63, 3.8) is 0 Å². The van der Waals surface area contributed by atoms with E-state index < -0.39 is 5.97 Å². The quantitative estimate of drug-likeness (QED) is 0.156. The van der Waals surface area contributed by atoms with E-state index in [0.717, 1.165) is 39.7 Å². The molecule has 1 aromatic heterocycles. The Morgan fingerprint density at radius 2 is 1.57 bits per heavy atom. The summed E-state index contributed by atoms with van der Waals surface area (Å²) in [4.78, 5) is 17.7. The molecule has 0 N–H and O–H groups in total. The lowest BCUT2D eigenvalue weighted by Crippen LogP contribution is -2.06. The molecule has 7 nitrogen and oxygen atoms in total. The fourth-order valence-electron chi connectivity index (χ4n) is 4.24.